The highest BCUT2D eigenvalue weighted by Crippen LogP contribution is 2.23. The third-order valence-electron chi connectivity index (χ3n) is 2.54. The number of hydrogen-bond acceptors (Lipinski definition) is 3. The number of carbonyl (C=O) groups is 2. The number of rotatable bonds is 4. The number of anilines is 1. The number of carbonyl (C=O) groups excluding carboxylic acids is 2. The maximum Gasteiger partial charge on any atom is 0.257 e. The highest BCUT2D eigenvalue weighted by molar-refractivity contribution is 6.34. The van der Waals surface area contributed by atoms with Crippen molar-refractivity contribution in [3.8, 4) is 0 Å². The van der Waals surface area contributed by atoms with Crippen LogP contribution in [-0.2, 0) is 4.79 Å². The minimum absolute atomic E-state index is 0.0174. The summed E-state index contributed by atoms with van der Waals surface area (Å²) < 4.78 is 0. The molecule has 0 aliphatic heterocycles. The van der Waals surface area contributed by atoms with Crippen LogP contribution in [0.3, 0.4) is 0 Å². The van der Waals surface area contributed by atoms with Gasteiger partial charge in [0.05, 0.1) is 17.1 Å². The molecule has 0 radical (unpaired) electrons. The second-order valence-corrected chi connectivity index (χ2v) is 4.10. The summed E-state index contributed by atoms with van der Waals surface area (Å²) in [5.74, 6) is -0.583. The van der Waals surface area contributed by atoms with E-state index in [1.165, 1.54) is 11.9 Å². The van der Waals surface area contributed by atoms with Gasteiger partial charge in [-0.1, -0.05) is 17.7 Å². The largest absolute Gasteiger partial charge is 0.398 e. The normalized spacial score (nSPS) is 9.94. The van der Waals surface area contributed by atoms with Crippen LogP contribution in [0.5, 0.6) is 0 Å². The molecule has 0 aliphatic carbocycles. The summed E-state index contributed by atoms with van der Waals surface area (Å²) in [5.41, 5.74) is 6.29. The van der Waals surface area contributed by atoms with E-state index in [2.05, 4.69) is 5.32 Å². The zero-order chi connectivity index (χ0) is 13.7. The van der Waals surface area contributed by atoms with E-state index in [1.54, 1.807) is 25.1 Å². The van der Waals surface area contributed by atoms with Gasteiger partial charge in [0, 0.05) is 19.3 Å². The Morgan fingerprint density at radius 1 is 1.44 bits per heavy atom. The van der Waals surface area contributed by atoms with E-state index >= 15 is 0 Å². The molecule has 0 fully saturated rings. The van der Waals surface area contributed by atoms with Gasteiger partial charge in [0.1, 0.15) is 0 Å². The first-order chi connectivity index (χ1) is 8.51. The molecule has 3 N–H and O–H groups in total. The van der Waals surface area contributed by atoms with Crippen molar-refractivity contribution in [2.75, 3.05) is 25.9 Å². The van der Waals surface area contributed by atoms with Crippen molar-refractivity contribution >= 4 is 29.1 Å². The van der Waals surface area contributed by atoms with Gasteiger partial charge in [-0.3, -0.25) is 9.59 Å². The Kier molecular flexibility index (Phi) is 4.97. The third-order valence-corrected chi connectivity index (χ3v) is 2.86. The lowest BCUT2D eigenvalue weighted by atomic mass is 10.1. The first kappa shape index (κ1) is 14.3. The monoisotopic (exact) mass is 269 g/mol. The van der Waals surface area contributed by atoms with E-state index in [0.29, 0.717) is 12.2 Å². The minimum atomic E-state index is -0.343. The minimum Gasteiger partial charge on any atom is -0.398 e. The second-order valence-electron chi connectivity index (χ2n) is 3.70. The topological polar surface area (TPSA) is 75.4 Å². The van der Waals surface area contributed by atoms with Gasteiger partial charge in [-0.15, -0.1) is 0 Å². The number of likely N-dealkylation sites (N-methyl/N-ethyl adjacent to an activating group) is 2. The Labute approximate surface area is 111 Å². The molecule has 0 saturated carbocycles. The molecule has 2 amide bonds. The van der Waals surface area contributed by atoms with Gasteiger partial charge in [-0.25, -0.2) is 0 Å². The smallest absolute Gasteiger partial charge is 0.257 e. The Morgan fingerprint density at radius 2 is 2.11 bits per heavy atom. The summed E-state index contributed by atoms with van der Waals surface area (Å²) >= 11 is 5.97. The number of nitrogens with two attached hydrogens (primary N) is 1. The Bertz CT molecular complexity index is 442. The third kappa shape index (κ3) is 3.13. The molecule has 0 saturated heterocycles. The SMILES string of the molecule is CCN(CC(=O)NC)C(=O)c1c(N)cccc1Cl. The number of benzene rings is 1. The molecule has 1 aromatic rings. The molecule has 0 unspecified atom stereocenters. The first-order valence-corrected chi connectivity index (χ1v) is 5.92. The molecular formula is C12H16ClN3O2. The second kappa shape index (κ2) is 6.26. The fourth-order valence-electron chi connectivity index (χ4n) is 1.50. The average Bonchev–Trinajstić information content (AvgIpc) is 2.35. The molecule has 1 rings (SSSR count). The number of amides is 2. The molecule has 0 spiro atoms. The van der Waals surface area contributed by atoms with Crippen molar-refractivity contribution in [3.63, 3.8) is 0 Å². The molecular weight excluding hydrogens is 254 g/mol. The van der Waals surface area contributed by atoms with Crippen molar-refractivity contribution in [2.24, 2.45) is 0 Å². The lowest BCUT2D eigenvalue weighted by Gasteiger charge is -2.21. The van der Waals surface area contributed by atoms with Crippen LogP contribution < -0.4 is 11.1 Å². The number of nitrogens with zero attached hydrogens (tertiary/aromatic N) is 1. The molecule has 5 nitrogen and oxygen atoms in total. The van der Waals surface area contributed by atoms with Gasteiger partial charge < -0.3 is 16.0 Å². The average molecular weight is 270 g/mol. The first-order valence-electron chi connectivity index (χ1n) is 5.55. The van der Waals surface area contributed by atoms with Crippen LogP contribution >= 0.6 is 11.6 Å². The zero-order valence-electron chi connectivity index (χ0n) is 10.4. The van der Waals surface area contributed by atoms with Gasteiger partial charge in [-0.2, -0.15) is 0 Å². The highest BCUT2D eigenvalue weighted by atomic mass is 35.5. The van der Waals surface area contributed by atoms with E-state index in [4.69, 9.17) is 17.3 Å². The molecule has 0 heterocycles. The van der Waals surface area contributed by atoms with Crippen LogP contribution in [0.25, 0.3) is 0 Å². The fraction of sp³-hybridized carbons (Fsp3) is 0.333. The summed E-state index contributed by atoms with van der Waals surface area (Å²) in [6, 6.07) is 4.87. The molecule has 0 atom stereocenters. The molecule has 98 valence electrons. The van der Waals surface area contributed by atoms with E-state index < -0.39 is 0 Å². The number of nitrogens with one attached hydrogen (secondary N) is 1. The molecule has 18 heavy (non-hydrogen) atoms. The van der Waals surface area contributed by atoms with Gasteiger partial charge in [-0.05, 0) is 19.1 Å². The van der Waals surface area contributed by atoms with Crippen molar-refractivity contribution in [1.29, 1.82) is 0 Å². The van der Waals surface area contributed by atoms with E-state index in [0.717, 1.165) is 0 Å². The van der Waals surface area contributed by atoms with Crippen molar-refractivity contribution in [3.05, 3.63) is 28.8 Å². The van der Waals surface area contributed by atoms with E-state index in [-0.39, 0.29) is 28.9 Å². The predicted octanol–water partition coefficient (Wildman–Crippen LogP) is 1.13. The number of nitrogen functional groups attached to an aromatic ring is 1. The molecule has 6 heteroatoms. The van der Waals surface area contributed by atoms with Crippen LogP contribution in [0.4, 0.5) is 5.69 Å². The van der Waals surface area contributed by atoms with Crippen LogP contribution in [0.1, 0.15) is 17.3 Å². The van der Waals surface area contributed by atoms with E-state index in [9.17, 15) is 9.59 Å². The molecule has 0 aromatic heterocycles. The summed E-state index contributed by atoms with van der Waals surface area (Å²) in [6.07, 6.45) is 0. The highest BCUT2D eigenvalue weighted by Gasteiger charge is 2.21. The van der Waals surface area contributed by atoms with Gasteiger partial charge in [0.25, 0.3) is 5.91 Å². The van der Waals surface area contributed by atoms with Gasteiger partial charge in [0.15, 0.2) is 0 Å². The van der Waals surface area contributed by atoms with Gasteiger partial charge in [0.2, 0.25) is 5.91 Å². The van der Waals surface area contributed by atoms with Crippen LogP contribution in [0, 0.1) is 0 Å². The maximum atomic E-state index is 12.3. The summed E-state index contributed by atoms with van der Waals surface area (Å²) in [7, 11) is 1.52. The summed E-state index contributed by atoms with van der Waals surface area (Å²) in [4.78, 5) is 25.0. The Balaban J connectivity index is 3.00. The Hall–Kier alpha value is -1.75. The number of halogens is 1. The standard InChI is InChI=1S/C12H16ClN3O2/c1-3-16(7-10(17)15-2)12(18)11-8(13)5-4-6-9(11)14/h4-6H,3,7,14H2,1-2H3,(H,15,17). The Morgan fingerprint density at radius 3 is 2.61 bits per heavy atom. The van der Waals surface area contributed by atoms with E-state index in [1.807, 2.05) is 0 Å². The zero-order valence-corrected chi connectivity index (χ0v) is 11.1. The lowest BCUT2D eigenvalue weighted by Crippen LogP contribution is -2.39. The van der Waals surface area contributed by atoms with Crippen LogP contribution in [-0.4, -0.2) is 36.9 Å². The van der Waals surface area contributed by atoms with Crippen LogP contribution in [0.15, 0.2) is 18.2 Å². The predicted molar refractivity (Wildman–Crippen MR) is 71.5 cm³/mol. The van der Waals surface area contributed by atoms with Crippen LogP contribution in [0.2, 0.25) is 5.02 Å². The quantitative estimate of drug-likeness (QED) is 0.805. The van der Waals surface area contributed by atoms with Crippen molar-refractivity contribution in [2.45, 2.75) is 6.92 Å². The summed E-state index contributed by atoms with van der Waals surface area (Å²) in [5, 5.41) is 2.76. The summed E-state index contributed by atoms with van der Waals surface area (Å²) in [6.45, 7) is 2.17. The van der Waals surface area contributed by atoms with Crippen molar-refractivity contribution in [1.82, 2.24) is 10.2 Å². The maximum absolute atomic E-state index is 12.3. The number of hydrogen-bond donors (Lipinski definition) is 2. The fourth-order valence-corrected chi connectivity index (χ4v) is 1.77. The van der Waals surface area contributed by atoms with Crippen molar-refractivity contribution < 1.29 is 9.59 Å². The molecule has 0 bridgehead atoms. The molecule has 0 aliphatic rings. The lowest BCUT2D eigenvalue weighted by molar-refractivity contribution is -0.121. The van der Waals surface area contributed by atoms with Gasteiger partial charge >= 0.3 is 0 Å². The molecule has 1 aromatic carbocycles.